The third-order valence-electron chi connectivity index (χ3n) is 11.8. The Hall–Kier alpha value is -7.43. The normalized spacial score (nSPS) is 12.8. The van der Waals surface area contributed by atoms with Crippen LogP contribution in [-0.2, 0) is 5.41 Å². The average molecular weight is 743 g/mol. The highest BCUT2D eigenvalue weighted by atomic mass is 15.0. The van der Waals surface area contributed by atoms with Gasteiger partial charge in [0.2, 0.25) is 0 Å². The van der Waals surface area contributed by atoms with Crippen molar-refractivity contribution in [2.24, 2.45) is 0 Å². The maximum absolute atomic E-state index is 5.31. The average Bonchev–Trinajstić information content (AvgIpc) is 3.75. The van der Waals surface area contributed by atoms with Gasteiger partial charge in [-0.25, -0.2) is 15.0 Å². The maximum atomic E-state index is 5.31. The summed E-state index contributed by atoms with van der Waals surface area (Å²) in [5.41, 5.74) is 15.9. The SMILES string of the molecule is CC1(C)c2ccccc2-c2ccc(-c3cc(-c4nc(-c5ccccc5)nc(-c5cccc(-c6ccccc6)c5)n4)cc4c3c3ccccc3n4-c3ccccc3)cc21. The molecule has 0 fully saturated rings. The topological polar surface area (TPSA) is 43.6 Å². The number of para-hydroxylation sites is 2. The standard InChI is InChI=1S/C54H38N4/c1-54(2)46-27-14-12-25-42(46)43-30-29-38(33-47(43)54)45-32-40(34-49-50(45)44-26-13-15-28-48(44)58(49)41-23-10-5-11-24-41)53-56-51(36-19-8-4-9-20-36)55-52(57-53)39-22-16-21-37(31-39)35-17-6-3-7-18-35/h3-34H,1-2H3. The molecule has 0 aliphatic heterocycles. The second-order valence-electron chi connectivity index (χ2n) is 15.7. The summed E-state index contributed by atoms with van der Waals surface area (Å²) in [5.74, 6) is 1.88. The predicted octanol–water partition coefficient (Wildman–Crippen LogP) is 13.6. The Labute approximate surface area is 337 Å². The highest BCUT2D eigenvalue weighted by Gasteiger charge is 2.35. The molecule has 4 nitrogen and oxygen atoms in total. The van der Waals surface area contributed by atoms with Crippen LogP contribution in [0.25, 0.3) is 95.0 Å². The predicted molar refractivity (Wildman–Crippen MR) is 239 cm³/mol. The third kappa shape index (κ3) is 5.48. The van der Waals surface area contributed by atoms with Crippen molar-refractivity contribution in [1.29, 1.82) is 0 Å². The molecule has 0 amide bonds. The summed E-state index contributed by atoms with van der Waals surface area (Å²) in [6, 6.07) is 69.0. The quantitative estimate of drug-likeness (QED) is 0.170. The number of rotatable bonds is 6. The number of hydrogen-bond acceptors (Lipinski definition) is 3. The Morgan fingerprint density at radius 2 is 0.948 bits per heavy atom. The molecule has 274 valence electrons. The van der Waals surface area contributed by atoms with Crippen LogP contribution in [0.15, 0.2) is 194 Å². The molecule has 0 atom stereocenters. The first-order chi connectivity index (χ1) is 28.5. The lowest BCUT2D eigenvalue weighted by atomic mass is 9.81. The summed E-state index contributed by atoms with van der Waals surface area (Å²) in [4.78, 5) is 15.7. The lowest BCUT2D eigenvalue weighted by Crippen LogP contribution is -2.14. The first-order valence-corrected chi connectivity index (χ1v) is 19.9. The Bertz CT molecular complexity index is 3180. The van der Waals surface area contributed by atoms with Crippen LogP contribution in [0.4, 0.5) is 0 Å². The maximum Gasteiger partial charge on any atom is 0.164 e. The third-order valence-corrected chi connectivity index (χ3v) is 11.8. The van der Waals surface area contributed by atoms with E-state index in [1.165, 1.54) is 33.0 Å². The largest absolute Gasteiger partial charge is 0.309 e. The minimum absolute atomic E-state index is 0.140. The van der Waals surface area contributed by atoms with E-state index >= 15 is 0 Å². The van der Waals surface area contributed by atoms with Gasteiger partial charge in [0.15, 0.2) is 17.5 Å². The summed E-state index contributed by atoms with van der Waals surface area (Å²) < 4.78 is 2.38. The second-order valence-corrected chi connectivity index (χ2v) is 15.7. The first kappa shape index (κ1) is 33.9. The molecule has 0 unspecified atom stereocenters. The number of fused-ring (bicyclic) bond motifs is 6. The van der Waals surface area contributed by atoms with E-state index in [1.54, 1.807) is 0 Å². The zero-order valence-corrected chi connectivity index (χ0v) is 32.3. The van der Waals surface area contributed by atoms with E-state index in [0.717, 1.165) is 55.7 Å². The number of aromatic nitrogens is 4. The van der Waals surface area contributed by atoms with Crippen molar-refractivity contribution in [2.45, 2.75) is 19.3 Å². The zero-order valence-electron chi connectivity index (χ0n) is 32.3. The molecule has 0 bridgehead atoms. The van der Waals surface area contributed by atoms with Crippen molar-refractivity contribution in [3.8, 4) is 73.2 Å². The van der Waals surface area contributed by atoms with Gasteiger partial charge in [0.1, 0.15) is 0 Å². The highest BCUT2D eigenvalue weighted by molar-refractivity contribution is 6.17. The van der Waals surface area contributed by atoms with E-state index in [1.807, 2.05) is 24.3 Å². The molecule has 0 saturated heterocycles. The van der Waals surface area contributed by atoms with Crippen LogP contribution >= 0.6 is 0 Å². The van der Waals surface area contributed by atoms with Crippen molar-refractivity contribution in [3.63, 3.8) is 0 Å². The number of nitrogens with zero attached hydrogens (tertiary/aromatic N) is 4. The Balaban J connectivity index is 1.19. The molecule has 0 spiro atoms. The molecule has 0 saturated carbocycles. The summed E-state index contributed by atoms with van der Waals surface area (Å²) in [6.45, 7) is 4.69. The summed E-state index contributed by atoms with van der Waals surface area (Å²) >= 11 is 0. The molecule has 1 aliphatic carbocycles. The molecule has 2 aromatic heterocycles. The van der Waals surface area contributed by atoms with Crippen LogP contribution in [0.1, 0.15) is 25.0 Å². The molecule has 10 aromatic rings. The van der Waals surface area contributed by atoms with Crippen LogP contribution in [0.5, 0.6) is 0 Å². The van der Waals surface area contributed by atoms with Gasteiger partial charge in [-0.3, -0.25) is 0 Å². The Kier molecular flexibility index (Phi) is 7.80. The van der Waals surface area contributed by atoms with Gasteiger partial charge in [0.05, 0.1) is 11.0 Å². The first-order valence-electron chi connectivity index (χ1n) is 19.9. The Morgan fingerprint density at radius 1 is 0.362 bits per heavy atom. The minimum Gasteiger partial charge on any atom is -0.309 e. The van der Waals surface area contributed by atoms with Gasteiger partial charge in [-0.05, 0) is 87.0 Å². The van der Waals surface area contributed by atoms with Crippen LogP contribution < -0.4 is 0 Å². The van der Waals surface area contributed by atoms with E-state index in [9.17, 15) is 0 Å². The molecule has 8 aromatic carbocycles. The molecule has 11 rings (SSSR count). The van der Waals surface area contributed by atoms with E-state index in [0.29, 0.717) is 17.5 Å². The number of benzene rings is 8. The van der Waals surface area contributed by atoms with E-state index in [4.69, 9.17) is 15.0 Å². The smallest absolute Gasteiger partial charge is 0.164 e. The summed E-state index contributed by atoms with van der Waals surface area (Å²) in [6.07, 6.45) is 0. The molecular formula is C54H38N4. The van der Waals surface area contributed by atoms with Crippen LogP contribution in [0.3, 0.4) is 0 Å². The van der Waals surface area contributed by atoms with Crippen molar-refractivity contribution in [1.82, 2.24) is 19.5 Å². The van der Waals surface area contributed by atoms with Crippen molar-refractivity contribution in [2.75, 3.05) is 0 Å². The van der Waals surface area contributed by atoms with Gasteiger partial charge in [0.25, 0.3) is 0 Å². The monoisotopic (exact) mass is 742 g/mol. The number of hydrogen-bond donors (Lipinski definition) is 0. The zero-order chi connectivity index (χ0) is 38.8. The summed E-state index contributed by atoms with van der Waals surface area (Å²) in [7, 11) is 0. The van der Waals surface area contributed by atoms with Crippen LogP contribution in [-0.4, -0.2) is 19.5 Å². The van der Waals surface area contributed by atoms with Gasteiger partial charge in [0, 0.05) is 38.6 Å². The van der Waals surface area contributed by atoms with Crippen LogP contribution in [0.2, 0.25) is 0 Å². The van der Waals surface area contributed by atoms with E-state index in [2.05, 4.69) is 188 Å². The fourth-order valence-electron chi connectivity index (χ4n) is 9.00. The molecule has 0 radical (unpaired) electrons. The van der Waals surface area contributed by atoms with Gasteiger partial charge >= 0.3 is 0 Å². The Morgan fingerprint density at radius 3 is 1.72 bits per heavy atom. The molecule has 4 heteroatoms. The van der Waals surface area contributed by atoms with Crippen LogP contribution in [0, 0.1) is 0 Å². The van der Waals surface area contributed by atoms with Gasteiger partial charge in [-0.1, -0.05) is 166 Å². The lowest BCUT2D eigenvalue weighted by molar-refractivity contribution is 0.660. The van der Waals surface area contributed by atoms with Gasteiger partial charge < -0.3 is 4.57 Å². The van der Waals surface area contributed by atoms with Crippen molar-refractivity contribution < 1.29 is 0 Å². The molecule has 2 heterocycles. The molecule has 0 N–H and O–H groups in total. The molecular weight excluding hydrogens is 705 g/mol. The van der Waals surface area contributed by atoms with E-state index in [-0.39, 0.29) is 5.41 Å². The fraction of sp³-hybridized carbons (Fsp3) is 0.0556. The summed E-state index contributed by atoms with van der Waals surface area (Å²) in [5, 5.41) is 2.40. The molecule has 1 aliphatic rings. The van der Waals surface area contributed by atoms with Gasteiger partial charge in [-0.2, -0.15) is 0 Å². The minimum atomic E-state index is -0.140. The highest BCUT2D eigenvalue weighted by Crippen LogP contribution is 2.50. The fourth-order valence-corrected chi connectivity index (χ4v) is 9.00. The van der Waals surface area contributed by atoms with Crippen molar-refractivity contribution in [3.05, 3.63) is 205 Å². The van der Waals surface area contributed by atoms with Gasteiger partial charge in [-0.15, -0.1) is 0 Å². The second kappa shape index (κ2) is 13.4. The van der Waals surface area contributed by atoms with Crippen molar-refractivity contribution >= 4 is 21.8 Å². The molecule has 58 heavy (non-hydrogen) atoms. The van der Waals surface area contributed by atoms with E-state index < -0.39 is 0 Å². The lowest BCUT2D eigenvalue weighted by Gasteiger charge is -2.22.